The first-order valence-corrected chi connectivity index (χ1v) is 10.8. The Bertz CT molecular complexity index is 569. The Balaban J connectivity index is 1.36. The van der Waals surface area contributed by atoms with Crippen LogP contribution in [0, 0.1) is 0 Å². The van der Waals surface area contributed by atoms with E-state index in [4.69, 9.17) is 9.47 Å². The fraction of sp³-hybridized carbons (Fsp3) is 0.682. The lowest BCUT2D eigenvalue weighted by Crippen LogP contribution is -2.43. The highest BCUT2D eigenvalue weighted by Gasteiger charge is 2.23. The zero-order valence-corrected chi connectivity index (χ0v) is 17.2. The van der Waals surface area contributed by atoms with Crippen molar-refractivity contribution in [3.05, 3.63) is 35.9 Å². The van der Waals surface area contributed by atoms with E-state index in [1.807, 2.05) is 7.05 Å². The normalized spacial score (nSPS) is 21.8. The lowest BCUT2D eigenvalue weighted by molar-refractivity contribution is 0.0168. The van der Waals surface area contributed by atoms with Gasteiger partial charge in [0.25, 0.3) is 0 Å². The number of nitrogens with one attached hydrogen (secondary N) is 2. The van der Waals surface area contributed by atoms with E-state index in [9.17, 15) is 0 Å². The van der Waals surface area contributed by atoms with Crippen LogP contribution in [0.5, 0.6) is 0 Å². The number of guanidine groups is 1. The van der Waals surface area contributed by atoms with Crippen LogP contribution in [0.3, 0.4) is 0 Å². The van der Waals surface area contributed by atoms with Crippen molar-refractivity contribution < 1.29 is 9.47 Å². The van der Waals surface area contributed by atoms with Gasteiger partial charge < -0.3 is 20.1 Å². The predicted octanol–water partition coefficient (Wildman–Crippen LogP) is 2.57. The molecular weight excluding hydrogens is 352 g/mol. The van der Waals surface area contributed by atoms with Crippen molar-refractivity contribution in [2.75, 3.05) is 53.0 Å². The highest BCUT2D eigenvalue weighted by molar-refractivity contribution is 5.79. The molecule has 1 aromatic rings. The van der Waals surface area contributed by atoms with Crippen LogP contribution in [0.15, 0.2) is 35.3 Å². The summed E-state index contributed by atoms with van der Waals surface area (Å²) in [6, 6.07) is 11.2. The monoisotopic (exact) mass is 388 g/mol. The van der Waals surface area contributed by atoms with Gasteiger partial charge in [-0.3, -0.25) is 9.89 Å². The molecule has 6 nitrogen and oxygen atoms in total. The zero-order valence-electron chi connectivity index (χ0n) is 17.2. The van der Waals surface area contributed by atoms with Gasteiger partial charge in [0.1, 0.15) is 0 Å². The summed E-state index contributed by atoms with van der Waals surface area (Å²) in [6.07, 6.45) is 6.15. The molecule has 2 atom stereocenters. The second-order valence-electron chi connectivity index (χ2n) is 7.61. The molecule has 3 rings (SSSR count). The second kappa shape index (κ2) is 12.0. The highest BCUT2D eigenvalue weighted by atomic mass is 16.5. The van der Waals surface area contributed by atoms with E-state index in [0.29, 0.717) is 12.1 Å². The maximum atomic E-state index is 5.72. The maximum Gasteiger partial charge on any atom is 0.191 e. The number of aliphatic imine (C=N–C) groups is 1. The van der Waals surface area contributed by atoms with Gasteiger partial charge in [-0.25, -0.2) is 0 Å². The van der Waals surface area contributed by atoms with Gasteiger partial charge in [-0.1, -0.05) is 30.3 Å². The third kappa shape index (κ3) is 6.76. The smallest absolute Gasteiger partial charge is 0.191 e. The van der Waals surface area contributed by atoms with E-state index in [-0.39, 0.29) is 0 Å². The quantitative estimate of drug-likeness (QED) is 0.367. The highest BCUT2D eigenvalue weighted by Crippen LogP contribution is 2.24. The molecule has 0 radical (unpaired) electrons. The van der Waals surface area contributed by atoms with Crippen LogP contribution in [0.4, 0.5) is 0 Å². The molecule has 0 spiro atoms. The van der Waals surface area contributed by atoms with E-state index < -0.39 is 0 Å². The van der Waals surface area contributed by atoms with Gasteiger partial charge in [-0.05, 0) is 50.8 Å². The van der Waals surface area contributed by atoms with Crippen LogP contribution in [0.25, 0.3) is 0 Å². The van der Waals surface area contributed by atoms with Gasteiger partial charge in [0.15, 0.2) is 5.96 Å². The van der Waals surface area contributed by atoms with Gasteiger partial charge in [0.2, 0.25) is 0 Å². The standard InChI is InChI=1S/C22H36N4O2/c1-23-22(24-12-8-15-27-18-20-11-7-16-28-20)25-17-21(26-13-5-6-14-26)19-9-3-2-4-10-19/h2-4,9-10,20-21H,5-8,11-18H2,1H3,(H2,23,24,25). The summed E-state index contributed by atoms with van der Waals surface area (Å²) in [6.45, 7) is 6.43. The molecular formula is C22H36N4O2. The molecule has 0 aliphatic carbocycles. The van der Waals surface area contributed by atoms with Gasteiger partial charge in [-0.15, -0.1) is 0 Å². The minimum absolute atomic E-state index is 0.308. The third-order valence-corrected chi connectivity index (χ3v) is 5.54. The fourth-order valence-corrected chi connectivity index (χ4v) is 3.97. The molecule has 0 bridgehead atoms. The van der Waals surface area contributed by atoms with E-state index in [1.54, 1.807) is 0 Å². The largest absolute Gasteiger partial charge is 0.379 e. The van der Waals surface area contributed by atoms with Crippen molar-refractivity contribution >= 4 is 5.96 Å². The molecule has 156 valence electrons. The van der Waals surface area contributed by atoms with Crippen LogP contribution < -0.4 is 10.6 Å². The van der Waals surface area contributed by atoms with Crippen molar-refractivity contribution in [2.45, 2.75) is 44.2 Å². The Morgan fingerprint density at radius 2 is 2.04 bits per heavy atom. The van der Waals surface area contributed by atoms with Crippen molar-refractivity contribution in [1.82, 2.24) is 15.5 Å². The molecule has 2 unspecified atom stereocenters. The van der Waals surface area contributed by atoms with Crippen molar-refractivity contribution in [1.29, 1.82) is 0 Å². The number of benzene rings is 1. The molecule has 0 aromatic heterocycles. The molecule has 6 heteroatoms. The molecule has 2 saturated heterocycles. The molecule has 0 amide bonds. The number of hydrogen-bond acceptors (Lipinski definition) is 4. The molecule has 2 aliphatic heterocycles. The summed E-state index contributed by atoms with van der Waals surface area (Å²) in [7, 11) is 1.83. The van der Waals surface area contributed by atoms with E-state index in [0.717, 1.165) is 51.7 Å². The maximum absolute atomic E-state index is 5.72. The number of ether oxygens (including phenoxy) is 2. The van der Waals surface area contributed by atoms with Crippen LogP contribution in [-0.4, -0.2) is 70.0 Å². The Morgan fingerprint density at radius 3 is 2.75 bits per heavy atom. The van der Waals surface area contributed by atoms with E-state index in [2.05, 4.69) is 50.9 Å². The molecule has 2 aliphatic rings. The first kappa shape index (κ1) is 21.1. The van der Waals surface area contributed by atoms with Crippen LogP contribution in [0.1, 0.15) is 43.7 Å². The lowest BCUT2D eigenvalue weighted by Gasteiger charge is -2.29. The Morgan fingerprint density at radius 1 is 1.21 bits per heavy atom. The lowest BCUT2D eigenvalue weighted by atomic mass is 10.1. The van der Waals surface area contributed by atoms with Crippen LogP contribution >= 0.6 is 0 Å². The summed E-state index contributed by atoms with van der Waals surface area (Å²) < 4.78 is 11.3. The Kier molecular flexibility index (Phi) is 9.07. The number of likely N-dealkylation sites (tertiary alicyclic amines) is 1. The zero-order chi connectivity index (χ0) is 19.4. The molecule has 2 heterocycles. The summed E-state index contributed by atoms with van der Waals surface area (Å²) >= 11 is 0. The minimum Gasteiger partial charge on any atom is -0.379 e. The van der Waals surface area contributed by atoms with Crippen molar-refractivity contribution in [3.8, 4) is 0 Å². The molecule has 28 heavy (non-hydrogen) atoms. The van der Waals surface area contributed by atoms with Crippen LogP contribution in [0.2, 0.25) is 0 Å². The topological polar surface area (TPSA) is 58.1 Å². The number of hydrogen-bond donors (Lipinski definition) is 2. The molecule has 0 saturated carbocycles. The SMILES string of the molecule is CN=C(NCCCOCC1CCCO1)NCC(c1ccccc1)N1CCCC1. The van der Waals surface area contributed by atoms with E-state index >= 15 is 0 Å². The first-order valence-electron chi connectivity index (χ1n) is 10.8. The number of nitrogens with zero attached hydrogens (tertiary/aromatic N) is 2. The molecule has 1 aromatic carbocycles. The van der Waals surface area contributed by atoms with Crippen molar-refractivity contribution in [3.63, 3.8) is 0 Å². The predicted molar refractivity (Wildman–Crippen MR) is 114 cm³/mol. The summed E-state index contributed by atoms with van der Waals surface area (Å²) in [5.74, 6) is 0.860. The van der Waals surface area contributed by atoms with Gasteiger partial charge >= 0.3 is 0 Å². The Labute approximate surface area is 169 Å². The minimum atomic E-state index is 0.308. The Hall–Kier alpha value is -1.63. The van der Waals surface area contributed by atoms with E-state index in [1.165, 1.54) is 37.9 Å². The molecule has 2 N–H and O–H groups in total. The molecule has 2 fully saturated rings. The first-order chi connectivity index (χ1) is 13.9. The third-order valence-electron chi connectivity index (χ3n) is 5.54. The fourth-order valence-electron chi connectivity index (χ4n) is 3.97. The average Bonchev–Trinajstić information content (AvgIpc) is 3.44. The van der Waals surface area contributed by atoms with Gasteiger partial charge in [-0.2, -0.15) is 0 Å². The second-order valence-corrected chi connectivity index (χ2v) is 7.61. The summed E-state index contributed by atoms with van der Waals surface area (Å²) in [5.41, 5.74) is 1.37. The van der Waals surface area contributed by atoms with Gasteiger partial charge in [0, 0.05) is 33.4 Å². The van der Waals surface area contributed by atoms with Gasteiger partial charge in [0.05, 0.1) is 18.8 Å². The summed E-state index contributed by atoms with van der Waals surface area (Å²) in [4.78, 5) is 6.95. The summed E-state index contributed by atoms with van der Waals surface area (Å²) in [5, 5.41) is 6.92. The number of rotatable bonds is 10. The van der Waals surface area contributed by atoms with Crippen molar-refractivity contribution in [2.24, 2.45) is 4.99 Å². The van der Waals surface area contributed by atoms with Crippen LogP contribution in [-0.2, 0) is 9.47 Å². The average molecular weight is 389 g/mol.